The highest BCUT2D eigenvalue weighted by molar-refractivity contribution is 5.90. The summed E-state index contributed by atoms with van der Waals surface area (Å²) in [6, 6.07) is 49.0. The average molecular weight is 687 g/mol. The van der Waals surface area contributed by atoms with Gasteiger partial charge in [0.25, 0.3) is 0 Å². The van der Waals surface area contributed by atoms with Crippen LogP contribution in [0.25, 0.3) is 33.4 Å². The molecule has 0 aromatic heterocycles. The first-order chi connectivity index (χ1) is 25.4. The lowest BCUT2D eigenvalue weighted by molar-refractivity contribution is -0.142. The van der Waals surface area contributed by atoms with Gasteiger partial charge >= 0.3 is 12.1 Å². The van der Waals surface area contributed by atoms with Crippen molar-refractivity contribution >= 4 is 18.0 Å². The molecule has 0 bridgehead atoms. The maximum absolute atomic E-state index is 13.9. The smallest absolute Gasteiger partial charge is 0.407 e. The van der Waals surface area contributed by atoms with Gasteiger partial charge in [0.15, 0.2) is 0 Å². The number of amides is 2. The number of carbonyl (C=O) groups excluding carboxylic acids is 2. The minimum Gasteiger partial charge on any atom is -0.480 e. The topological polar surface area (TPSA) is 105 Å². The Kier molecular flexibility index (Phi) is 10.2. The molecule has 258 valence electrons. The van der Waals surface area contributed by atoms with Gasteiger partial charge in [-0.25, -0.2) is 9.59 Å². The highest BCUT2D eigenvalue weighted by atomic mass is 16.5. The van der Waals surface area contributed by atoms with Gasteiger partial charge in [-0.1, -0.05) is 158 Å². The third kappa shape index (κ3) is 7.79. The molecule has 1 aliphatic rings. The molecule has 0 fully saturated rings. The second-order valence-corrected chi connectivity index (χ2v) is 13.0. The summed E-state index contributed by atoms with van der Waals surface area (Å²) in [5.41, 5.74) is 10.0. The van der Waals surface area contributed by atoms with E-state index >= 15 is 0 Å². The van der Waals surface area contributed by atoms with E-state index in [1.807, 2.05) is 146 Å². The fourth-order valence-electron chi connectivity index (χ4n) is 6.86. The molecule has 0 unspecified atom stereocenters. The molecule has 6 aromatic carbocycles. The largest absolute Gasteiger partial charge is 0.480 e. The van der Waals surface area contributed by atoms with E-state index in [-0.39, 0.29) is 25.4 Å². The molecule has 7 nitrogen and oxygen atoms in total. The molecular formula is C45H38N2O5. The van der Waals surface area contributed by atoms with E-state index in [0.717, 1.165) is 55.6 Å². The van der Waals surface area contributed by atoms with Crippen LogP contribution in [0.5, 0.6) is 0 Å². The lowest BCUT2D eigenvalue weighted by Crippen LogP contribution is -2.53. The first-order valence-corrected chi connectivity index (χ1v) is 17.4. The number of benzene rings is 6. The van der Waals surface area contributed by atoms with Crippen molar-refractivity contribution < 1.29 is 24.2 Å². The Morgan fingerprint density at radius 1 is 0.519 bits per heavy atom. The van der Waals surface area contributed by atoms with Crippen LogP contribution in [0.15, 0.2) is 158 Å². The lowest BCUT2D eigenvalue weighted by atomic mass is 9.98. The molecule has 0 radical (unpaired) electrons. The number of carbonyl (C=O) groups is 3. The van der Waals surface area contributed by atoms with Crippen LogP contribution >= 0.6 is 0 Å². The second-order valence-electron chi connectivity index (χ2n) is 13.0. The SMILES string of the molecule is O=C(N[C@H](Cc1ccc(-c2ccccc2)cc1)C(=O)N[C@@H](Cc1ccc(-c2ccccc2)cc1)C(=O)O)OCC1c2ccccc2-c2ccccc21. The number of carboxylic acid groups (broad SMARTS) is 1. The molecule has 0 saturated carbocycles. The van der Waals surface area contributed by atoms with Crippen molar-refractivity contribution in [1.29, 1.82) is 0 Å². The predicted octanol–water partition coefficient (Wildman–Crippen LogP) is 8.28. The van der Waals surface area contributed by atoms with Crippen molar-refractivity contribution in [2.75, 3.05) is 6.61 Å². The Morgan fingerprint density at radius 2 is 0.942 bits per heavy atom. The Balaban J connectivity index is 1.07. The molecular weight excluding hydrogens is 649 g/mol. The molecule has 7 heteroatoms. The van der Waals surface area contributed by atoms with E-state index in [2.05, 4.69) is 22.8 Å². The Bertz CT molecular complexity index is 2120. The van der Waals surface area contributed by atoms with Crippen LogP contribution in [0.4, 0.5) is 4.79 Å². The third-order valence-electron chi connectivity index (χ3n) is 9.57. The maximum Gasteiger partial charge on any atom is 0.407 e. The number of carboxylic acids is 1. The second kappa shape index (κ2) is 15.6. The summed E-state index contributed by atoms with van der Waals surface area (Å²) in [6.07, 6.45) is -0.561. The van der Waals surface area contributed by atoms with Gasteiger partial charge in [-0.15, -0.1) is 0 Å². The van der Waals surface area contributed by atoms with Gasteiger partial charge in [-0.3, -0.25) is 4.79 Å². The highest BCUT2D eigenvalue weighted by Crippen LogP contribution is 2.44. The zero-order valence-electron chi connectivity index (χ0n) is 28.4. The quantitative estimate of drug-likeness (QED) is 0.120. The van der Waals surface area contributed by atoms with E-state index in [0.29, 0.717) is 0 Å². The summed E-state index contributed by atoms with van der Waals surface area (Å²) in [6.45, 7) is 0.0801. The van der Waals surface area contributed by atoms with Crippen molar-refractivity contribution in [1.82, 2.24) is 10.6 Å². The molecule has 6 aromatic rings. The van der Waals surface area contributed by atoms with Gasteiger partial charge in [0.05, 0.1) is 0 Å². The number of alkyl carbamates (subject to hydrolysis) is 1. The van der Waals surface area contributed by atoms with Gasteiger partial charge in [0.1, 0.15) is 18.7 Å². The molecule has 0 saturated heterocycles. The minimum absolute atomic E-state index is 0.0690. The first-order valence-electron chi connectivity index (χ1n) is 17.4. The minimum atomic E-state index is -1.22. The summed E-state index contributed by atoms with van der Waals surface area (Å²) >= 11 is 0. The van der Waals surface area contributed by atoms with Gasteiger partial charge in [-0.2, -0.15) is 0 Å². The van der Waals surface area contributed by atoms with Gasteiger partial charge in [-0.05, 0) is 55.6 Å². The van der Waals surface area contributed by atoms with E-state index in [9.17, 15) is 19.5 Å². The van der Waals surface area contributed by atoms with Crippen LogP contribution in [0.1, 0.15) is 28.2 Å². The van der Waals surface area contributed by atoms with Crippen LogP contribution in [0.3, 0.4) is 0 Å². The third-order valence-corrected chi connectivity index (χ3v) is 9.57. The van der Waals surface area contributed by atoms with Crippen LogP contribution in [-0.2, 0) is 27.2 Å². The normalized spacial score (nSPS) is 12.9. The molecule has 0 spiro atoms. The fraction of sp³-hybridized carbons (Fsp3) is 0.133. The van der Waals surface area contributed by atoms with Crippen molar-refractivity contribution in [2.24, 2.45) is 0 Å². The van der Waals surface area contributed by atoms with Gasteiger partial charge < -0.3 is 20.5 Å². The average Bonchev–Trinajstić information content (AvgIpc) is 3.51. The number of aliphatic carboxylic acids is 1. The molecule has 1 aliphatic carbocycles. The summed E-state index contributed by atoms with van der Waals surface area (Å²) in [7, 11) is 0. The fourth-order valence-corrected chi connectivity index (χ4v) is 6.86. The molecule has 52 heavy (non-hydrogen) atoms. The van der Waals surface area contributed by atoms with Crippen molar-refractivity contribution in [3.05, 3.63) is 180 Å². The predicted molar refractivity (Wildman–Crippen MR) is 203 cm³/mol. The number of rotatable bonds is 12. The Labute approximate surface area is 302 Å². The van der Waals surface area contributed by atoms with Crippen molar-refractivity contribution in [3.63, 3.8) is 0 Å². The molecule has 2 atom stereocenters. The van der Waals surface area contributed by atoms with E-state index in [1.54, 1.807) is 0 Å². The number of hydrogen-bond donors (Lipinski definition) is 3. The molecule has 0 aliphatic heterocycles. The number of hydrogen-bond acceptors (Lipinski definition) is 4. The number of ether oxygens (including phenoxy) is 1. The van der Waals surface area contributed by atoms with Crippen LogP contribution < -0.4 is 10.6 Å². The monoisotopic (exact) mass is 686 g/mol. The van der Waals surface area contributed by atoms with Gasteiger partial charge in [0.2, 0.25) is 5.91 Å². The molecule has 2 amide bonds. The highest BCUT2D eigenvalue weighted by Gasteiger charge is 2.31. The Hall–Kier alpha value is -6.47. The van der Waals surface area contributed by atoms with Gasteiger partial charge in [0, 0.05) is 18.8 Å². The lowest BCUT2D eigenvalue weighted by Gasteiger charge is -2.22. The van der Waals surface area contributed by atoms with E-state index in [4.69, 9.17) is 4.74 Å². The summed E-state index contributed by atoms with van der Waals surface area (Å²) in [5, 5.41) is 15.6. The van der Waals surface area contributed by atoms with Crippen LogP contribution in [0, 0.1) is 0 Å². The number of nitrogens with one attached hydrogen (secondary N) is 2. The number of fused-ring (bicyclic) bond motifs is 3. The first kappa shape index (κ1) is 34.0. The summed E-state index contributed by atoms with van der Waals surface area (Å²) in [4.78, 5) is 39.7. The molecule has 3 N–H and O–H groups in total. The zero-order chi connectivity index (χ0) is 35.9. The van der Waals surface area contributed by atoms with E-state index < -0.39 is 30.1 Å². The molecule has 7 rings (SSSR count). The zero-order valence-corrected chi connectivity index (χ0v) is 28.4. The van der Waals surface area contributed by atoms with Crippen LogP contribution in [0.2, 0.25) is 0 Å². The summed E-state index contributed by atoms with van der Waals surface area (Å²) < 4.78 is 5.78. The van der Waals surface area contributed by atoms with Crippen molar-refractivity contribution in [3.8, 4) is 33.4 Å². The Morgan fingerprint density at radius 3 is 1.42 bits per heavy atom. The van der Waals surface area contributed by atoms with E-state index in [1.165, 1.54) is 0 Å². The summed E-state index contributed by atoms with van der Waals surface area (Å²) in [5.74, 6) is -1.94. The van der Waals surface area contributed by atoms with Crippen LogP contribution in [-0.4, -0.2) is 41.8 Å². The molecule has 0 heterocycles. The maximum atomic E-state index is 13.9. The standard InChI is InChI=1S/C45H38N2O5/c48-43(46-42(44(49)50)28-31-21-25-35(26-22-31)33-13-5-2-6-14-33)41(27-30-19-23-34(24-20-30)32-11-3-1-4-12-32)47-45(51)52-29-40-38-17-9-7-15-36(38)37-16-8-10-18-39(37)40/h1-26,40-42H,27-29H2,(H,46,48)(H,47,51)(H,49,50)/t41-,42+/m1/s1. The van der Waals surface area contributed by atoms with Crippen molar-refractivity contribution in [2.45, 2.75) is 30.8 Å².